The minimum atomic E-state index is -0.424. The standard InChI is InChI=1S/C10H14N2O/c11-7-4-5-8(12)10-6(7)2-1-3-9(10)13/h4-5,9,13H,1-3,11-12H2. The van der Waals surface area contributed by atoms with Crippen LogP contribution >= 0.6 is 0 Å². The smallest absolute Gasteiger partial charge is 0.0813 e. The zero-order valence-corrected chi connectivity index (χ0v) is 7.46. The van der Waals surface area contributed by atoms with Crippen molar-refractivity contribution in [2.75, 3.05) is 11.5 Å². The van der Waals surface area contributed by atoms with E-state index in [9.17, 15) is 5.11 Å². The van der Waals surface area contributed by atoms with Gasteiger partial charge in [-0.1, -0.05) is 0 Å². The summed E-state index contributed by atoms with van der Waals surface area (Å²) in [5.74, 6) is 0. The van der Waals surface area contributed by atoms with Crippen molar-refractivity contribution >= 4 is 11.4 Å². The summed E-state index contributed by atoms with van der Waals surface area (Å²) in [7, 11) is 0. The van der Waals surface area contributed by atoms with E-state index in [1.807, 2.05) is 6.07 Å². The Morgan fingerprint density at radius 1 is 1.23 bits per heavy atom. The topological polar surface area (TPSA) is 72.3 Å². The van der Waals surface area contributed by atoms with E-state index >= 15 is 0 Å². The summed E-state index contributed by atoms with van der Waals surface area (Å²) in [4.78, 5) is 0. The van der Waals surface area contributed by atoms with E-state index in [1.165, 1.54) is 0 Å². The predicted molar refractivity (Wildman–Crippen MR) is 53.2 cm³/mol. The molecule has 0 radical (unpaired) electrons. The van der Waals surface area contributed by atoms with Crippen LogP contribution in [0.2, 0.25) is 0 Å². The number of fused-ring (bicyclic) bond motifs is 1. The number of anilines is 2. The Morgan fingerprint density at radius 2 is 1.92 bits per heavy atom. The first-order valence-electron chi connectivity index (χ1n) is 4.55. The molecular weight excluding hydrogens is 164 g/mol. The molecule has 3 heteroatoms. The maximum Gasteiger partial charge on any atom is 0.0813 e. The number of hydrogen-bond acceptors (Lipinski definition) is 3. The van der Waals surface area contributed by atoms with Crippen LogP contribution in [0.25, 0.3) is 0 Å². The van der Waals surface area contributed by atoms with Gasteiger partial charge in [0.25, 0.3) is 0 Å². The number of rotatable bonds is 0. The van der Waals surface area contributed by atoms with Crippen LogP contribution < -0.4 is 11.5 Å². The Kier molecular flexibility index (Phi) is 1.88. The van der Waals surface area contributed by atoms with Gasteiger partial charge < -0.3 is 16.6 Å². The SMILES string of the molecule is Nc1ccc(N)c2c1CCCC2O. The van der Waals surface area contributed by atoms with E-state index in [0.717, 1.165) is 36.1 Å². The van der Waals surface area contributed by atoms with Crippen molar-refractivity contribution < 1.29 is 5.11 Å². The van der Waals surface area contributed by atoms with E-state index in [1.54, 1.807) is 6.07 Å². The van der Waals surface area contributed by atoms with E-state index in [-0.39, 0.29) is 0 Å². The van der Waals surface area contributed by atoms with Gasteiger partial charge in [0.05, 0.1) is 6.10 Å². The number of hydrogen-bond donors (Lipinski definition) is 3. The monoisotopic (exact) mass is 178 g/mol. The highest BCUT2D eigenvalue weighted by atomic mass is 16.3. The van der Waals surface area contributed by atoms with Gasteiger partial charge in [-0.05, 0) is 37.0 Å². The van der Waals surface area contributed by atoms with E-state index in [2.05, 4.69) is 0 Å². The van der Waals surface area contributed by atoms with Gasteiger partial charge >= 0.3 is 0 Å². The van der Waals surface area contributed by atoms with Crippen LogP contribution in [0, 0.1) is 0 Å². The Bertz CT molecular complexity index is 336. The molecule has 0 fully saturated rings. The van der Waals surface area contributed by atoms with Crippen LogP contribution in [-0.2, 0) is 6.42 Å². The zero-order chi connectivity index (χ0) is 9.42. The average molecular weight is 178 g/mol. The lowest BCUT2D eigenvalue weighted by Gasteiger charge is -2.24. The van der Waals surface area contributed by atoms with Gasteiger partial charge in [-0.25, -0.2) is 0 Å². The van der Waals surface area contributed by atoms with Gasteiger partial charge in [0.2, 0.25) is 0 Å². The van der Waals surface area contributed by atoms with Gasteiger partial charge in [-0.3, -0.25) is 0 Å². The third kappa shape index (κ3) is 1.25. The number of aliphatic hydroxyl groups is 1. The van der Waals surface area contributed by atoms with Gasteiger partial charge in [0, 0.05) is 16.9 Å². The summed E-state index contributed by atoms with van der Waals surface area (Å²) in [5, 5.41) is 9.73. The molecule has 0 spiro atoms. The number of benzene rings is 1. The molecule has 0 bridgehead atoms. The van der Waals surface area contributed by atoms with Gasteiger partial charge in [0.15, 0.2) is 0 Å². The normalized spacial score (nSPS) is 21.2. The molecule has 13 heavy (non-hydrogen) atoms. The molecule has 2 rings (SSSR count). The average Bonchev–Trinajstić information content (AvgIpc) is 2.12. The molecule has 0 aliphatic heterocycles. The van der Waals surface area contributed by atoms with E-state index < -0.39 is 6.10 Å². The van der Waals surface area contributed by atoms with Gasteiger partial charge in [-0.2, -0.15) is 0 Å². The fourth-order valence-corrected chi connectivity index (χ4v) is 1.99. The molecule has 1 aromatic carbocycles. The maximum absolute atomic E-state index is 9.73. The third-order valence-electron chi connectivity index (χ3n) is 2.66. The quantitative estimate of drug-likeness (QED) is 0.523. The highest BCUT2D eigenvalue weighted by Gasteiger charge is 2.21. The van der Waals surface area contributed by atoms with Gasteiger partial charge in [0.1, 0.15) is 0 Å². The molecule has 1 aliphatic rings. The Labute approximate surface area is 77.4 Å². The first kappa shape index (κ1) is 8.38. The summed E-state index contributed by atoms with van der Waals surface area (Å²) in [5.41, 5.74) is 14.9. The first-order valence-corrected chi connectivity index (χ1v) is 4.55. The molecule has 0 amide bonds. The highest BCUT2D eigenvalue weighted by molar-refractivity contribution is 5.63. The second-order valence-electron chi connectivity index (χ2n) is 3.54. The molecular formula is C10H14N2O. The minimum absolute atomic E-state index is 0.424. The largest absolute Gasteiger partial charge is 0.398 e. The van der Waals surface area contributed by atoms with Gasteiger partial charge in [-0.15, -0.1) is 0 Å². The molecule has 3 nitrogen and oxygen atoms in total. The zero-order valence-electron chi connectivity index (χ0n) is 7.46. The summed E-state index contributed by atoms with van der Waals surface area (Å²) in [6.45, 7) is 0. The maximum atomic E-state index is 9.73. The lowest BCUT2D eigenvalue weighted by Crippen LogP contribution is -2.13. The van der Waals surface area contributed by atoms with E-state index in [0.29, 0.717) is 5.69 Å². The van der Waals surface area contributed by atoms with Crippen molar-refractivity contribution in [2.45, 2.75) is 25.4 Å². The molecule has 1 atom stereocenters. The van der Waals surface area contributed by atoms with E-state index in [4.69, 9.17) is 11.5 Å². The van der Waals surface area contributed by atoms with Crippen LogP contribution in [0.15, 0.2) is 12.1 Å². The number of aliphatic hydroxyl groups excluding tert-OH is 1. The lowest BCUT2D eigenvalue weighted by molar-refractivity contribution is 0.157. The molecule has 1 aliphatic carbocycles. The molecule has 5 N–H and O–H groups in total. The number of nitrogen functional groups attached to an aromatic ring is 2. The summed E-state index contributed by atoms with van der Waals surface area (Å²) in [6, 6.07) is 3.58. The second kappa shape index (κ2) is 2.92. The Balaban J connectivity index is 2.60. The van der Waals surface area contributed by atoms with Crippen molar-refractivity contribution in [1.82, 2.24) is 0 Å². The molecule has 1 unspecified atom stereocenters. The van der Waals surface area contributed by atoms with Crippen LogP contribution in [0.4, 0.5) is 11.4 Å². The highest BCUT2D eigenvalue weighted by Crippen LogP contribution is 2.36. The summed E-state index contributed by atoms with van der Waals surface area (Å²) in [6.07, 6.45) is 2.29. The molecule has 0 saturated carbocycles. The first-order chi connectivity index (χ1) is 6.20. The van der Waals surface area contributed by atoms with Crippen molar-refractivity contribution in [2.24, 2.45) is 0 Å². The fourth-order valence-electron chi connectivity index (χ4n) is 1.99. The Morgan fingerprint density at radius 3 is 2.62 bits per heavy atom. The number of nitrogens with two attached hydrogens (primary N) is 2. The predicted octanol–water partition coefficient (Wildman–Crippen LogP) is 1.22. The van der Waals surface area contributed by atoms with Crippen molar-refractivity contribution in [3.8, 4) is 0 Å². The van der Waals surface area contributed by atoms with Crippen LogP contribution in [0.5, 0.6) is 0 Å². The molecule has 1 aromatic rings. The van der Waals surface area contributed by atoms with Crippen molar-refractivity contribution in [3.05, 3.63) is 23.3 Å². The van der Waals surface area contributed by atoms with Crippen LogP contribution in [0.1, 0.15) is 30.1 Å². The molecule has 0 aromatic heterocycles. The third-order valence-corrected chi connectivity index (χ3v) is 2.66. The Hall–Kier alpha value is -1.22. The summed E-state index contributed by atoms with van der Waals surface area (Å²) < 4.78 is 0. The molecule has 0 heterocycles. The summed E-state index contributed by atoms with van der Waals surface area (Å²) >= 11 is 0. The van der Waals surface area contributed by atoms with Crippen LogP contribution in [-0.4, -0.2) is 5.11 Å². The molecule has 0 saturated heterocycles. The fraction of sp³-hybridized carbons (Fsp3) is 0.400. The molecule has 70 valence electrons. The lowest BCUT2D eigenvalue weighted by atomic mass is 9.87. The van der Waals surface area contributed by atoms with Crippen molar-refractivity contribution in [1.29, 1.82) is 0 Å². The second-order valence-corrected chi connectivity index (χ2v) is 3.54. The van der Waals surface area contributed by atoms with Crippen LogP contribution in [0.3, 0.4) is 0 Å². The minimum Gasteiger partial charge on any atom is -0.398 e. The van der Waals surface area contributed by atoms with Crippen molar-refractivity contribution in [3.63, 3.8) is 0 Å².